The van der Waals surface area contributed by atoms with Crippen molar-refractivity contribution in [1.29, 1.82) is 0 Å². The van der Waals surface area contributed by atoms with Crippen molar-refractivity contribution in [3.63, 3.8) is 0 Å². The summed E-state index contributed by atoms with van der Waals surface area (Å²) in [5.41, 5.74) is 2.38. The summed E-state index contributed by atoms with van der Waals surface area (Å²) in [5.74, 6) is 0. The number of anilines is 1. The number of ether oxygens (including phenoxy) is 1. The highest BCUT2D eigenvalue weighted by Crippen LogP contribution is 2.15. The zero-order chi connectivity index (χ0) is 13.8. The zero-order valence-electron chi connectivity index (χ0n) is 11.8. The molecular formula is C15H22N2OS. The molecule has 104 valence electrons. The van der Waals surface area contributed by atoms with E-state index in [9.17, 15) is 0 Å². The first-order valence-electron chi connectivity index (χ1n) is 6.88. The standard InChI is InChI=1S/C15H22N2OS/c1-4-13-6-5-7-14(8-13)16-15(19)17-9-11(2)18-12(3)10-17/h5-8,11-12H,4,9-10H2,1-3H3,(H,16,19)/t11-,12+. The topological polar surface area (TPSA) is 24.5 Å². The van der Waals surface area contributed by atoms with Crippen LogP contribution in [0.4, 0.5) is 5.69 Å². The van der Waals surface area contributed by atoms with Gasteiger partial charge in [-0.1, -0.05) is 19.1 Å². The molecule has 2 atom stereocenters. The molecule has 0 aromatic heterocycles. The fourth-order valence-corrected chi connectivity index (χ4v) is 2.68. The normalized spacial score (nSPS) is 23.2. The van der Waals surface area contributed by atoms with Crippen LogP contribution in [0.15, 0.2) is 24.3 Å². The first-order valence-corrected chi connectivity index (χ1v) is 7.29. The second kappa shape index (κ2) is 6.35. The Morgan fingerprint density at radius 1 is 1.37 bits per heavy atom. The van der Waals surface area contributed by atoms with Gasteiger partial charge in [0.25, 0.3) is 0 Å². The van der Waals surface area contributed by atoms with Crippen molar-refractivity contribution >= 4 is 23.0 Å². The van der Waals surface area contributed by atoms with Gasteiger partial charge in [-0.3, -0.25) is 0 Å². The number of nitrogens with one attached hydrogen (secondary N) is 1. The van der Waals surface area contributed by atoms with Gasteiger partial charge in [0, 0.05) is 18.8 Å². The van der Waals surface area contributed by atoms with Gasteiger partial charge in [0.2, 0.25) is 0 Å². The van der Waals surface area contributed by atoms with Crippen LogP contribution in [0.1, 0.15) is 26.3 Å². The Kier molecular flexibility index (Phi) is 4.77. The van der Waals surface area contributed by atoms with E-state index in [0.717, 1.165) is 30.3 Å². The summed E-state index contributed by atoms with van der Waals surface area (Å²) in [6.45, 7) is 8.03. The van der Waals surface area contributed by atoms with Crippen LogP contribution in [0.25, 0.3) is 0 Å². The first-order chi connectivity index (χ1) is 9.08. The lowest BCUT2D eigenvalue weighted by atomic mass is 10.1. The molecule has 0 unspecified atom stereocenters. The second-order valence-electron chi connectivity index (χ2n) is 5.15. The third-order valence-corrected chi connectivity index (χ3v) is 3.65. The van der Waals surface area contributed by atoms with Crippen molar-refractivity contribution in [2.75, 3.05) is 18.4 Å². The monoisotopic (exact) mass is 278 g/mol. The molecule has 4 heteroatoms. The van der Waals surface area contributed by atoms with Gasteiger partial charge in [0.1, 0.15) is 0 Å². The maximum Gasteiger partial charge on any atom is 0.173 e. The smallest absolute Gasteiger partial charge is 0.173 e. The Labute approximate surface area is 120 Å². The van der Waals surface area contributed by atoms with Gasteiger partial charge in [-0.15, -0.1) is 0 Å². The van der Waals surface area contributed by atoms with Gasteiger partial charge >= 0.3 is 0 Å². The predicted octanol–water partition coefficient (Wildman–Crippen LogP) is 3.06. The molecule has 0 aliphatic carbocycles. The van der Waals surface area contributed by atoms with Crippen molar-refractivity contribution < 1.29 is 4.74 Å². The molecule has 1 aromatic rings. The summed E-state index contributed by atoms with van der Waals surface area (Å²) in [5, 5.41) is 4.12. The summed E-state index contributed by atoms with van der Waals surface area (Å²) >= 11 is 5.50. The van der Waals surface area contributed by atoms with Gasteiger partial charge in [0.15, 0.2) is 5.11 Å². The van der Waals surface area contributed by atoms with Crippen LogP contribution in [0.2, 0.25) is 0 Å². The van der Waals surface area contributed by atoms with Gasteiger partial charge < -0.3 is 15.0 Å². The summed E-state index contributed by atoms with van der Waals surface area (Å²) in [6, 6.07) is 8.40. The number of aryl methyl sites for hydroxylation is 1. The molecule has 1 aliphatic rings. The van der Waals surface area contributed by atoms with Crippen LogP contribution in [0, 0.1) is 0 Å². The largest absolute Gasteiger partial charge is 0.372 e. The summed E-state index contributed by atoms with van der Waals surface area (Å²) in [7, 11) is 0. The molecule has 1 fully saturated rings. The highest BCUT2D eigenvalue weighted by molar-refractivity contribution is 7.80. The molecule has 1 aromatic carbocycles. The van der Waals surface area contributed by atoms with Crippen molar-refractivity contribution in [2.24, 2.45) is 0 Å². The van der Waals surface area contributed by atoms with E-state index in [1.807, 2.05) is 0 Å². The van der Waals surface area contributed by atoms with Crippen molar-refractivity contribution in [2.45, 2.75) is 39.4 Å². The van der Waals surface area contributed by atoms with Crippen LogP contribution in [0.5, 0.6) is 0 Å². The molecule has 3 nitrogen and oxygen atoms in total. The van der Waals surface area contributed by atoms with Crippen molar-refractivity contribution in [1.82, 2.24) is 4.90 Å². The van der Waals surface area contributed by atoms with Gasteiger partial charge in [-0.2, -0.15) is 0 Å². The average Bonchev–Trinajstić information content (AvgIpc) is 2.37. The van der Waals surface area contributed by atoms with Crippen LogP contribution in [-0.2, 0) is 11.2 Å². The number of thiocarbonyl (C=S) groups is 1. The van der Waals surface area contributed by atoms with Gasteiger partial charge in [-0.25, -0.2) is 0 Å². The number of hydrogen-bond acceptors (Lipinski definition) is 2. The Morgan fingerprint density at radius 3 is 2.68 bits per heavy atom. The van der Waals surface area contributed by atoms with E-state index in [1.54, 1.807) is 0 Å². The number of hydrogen-bond donors (Lipinski definition) is 1. The zero-order valence-corrected chi connectivity index (χ0v) is 12.7. The highest BCUT2D eigenvalue weighted by Gasteiger charge is 2.23. The summed E-state index contributed by atoms with van der Waals surface area (Å²) in [6.07, 6.45) is 1.49. The maximum atomic E-state index is 5.72. The lowest BCUT2D eigenvalue weighted by Gasteiger charge is -2.36. The van der Waals surface area contributed by atoms with Crippen molar-refractivity contribution in [3.8, 4) is 0 Å². The number of nitrogens with zero attached hydrogens (tertiary/aromatic N) is 1. The van der Waals surface area contributed by atoms with Crippen LogP contribution < -0.4 is 5.32 Å². The van der Waals surface area contributed by atoms with E-state index in [2.05, 4.69) is 55.3 Å². The molecule has 0 spiro atoms. The Hall–Kier alpha value is -1.13. The predicted molar refractivity (Wildman–Crippen MR) is 83.6 cm³/mol. The van der Waals surface area contributed by atoms with E-state index in [0.29, 0.717) is 0 Å². The lowest BCUT2D eigenvalue weighted by molar-refractivity contribution is -0.0473. The molecule has 1 aliphatic heterocycles. The number of rotatable bonds is 2. The van der Waals surface area contributed by atoms with Crippen molar-refractivity contribution in [3.05, 3.63) is 29.8 Å². The molecular weight excluding hydrogens is 256 g/mol. The van der Waals surface area contributed by atoms with E-state index < -0.39 is 0 Å². The van der Waals surface area contributed by atoms with Gasteiger partial charge in [-0.05, 0) is 50.2 Å². The maximum absolute atomic E-state index is 5.72. The molecule has 0 saturated carbocycles. The van der Waals surface area contributed by atoms with Crippen LogP contribution in [0.3, 0.4) is 0 Å². The molecule has 0 bridgehead atoms. The molecule has 1 saturated heterocycles. The third kappa shape index (κ3) is 3.91. The summed E-state index contributed by atoms with van der Waals surface area (Å²) < 4.78 is 5.72. The molecule has 19 heavy (non-hydrogen) atoms. The summed E-state index contributed by atoms with van der Waals surface area (Å²) in [4.78, 5) is 2.19. The van der Waals surface area contributed by atoms with Gasteiger partial charge in [0.05, 0.1) is 12.2 Å². The fraction of sp³-hybridized carbons (Fsp3) is 0.533. The highest BCUT2D eigenvalue weighted by atomic mass is 32.1. The third-order valence-electron chi connectivity index (χ3n) is 3.29. The minimum atomic E-state index is 0.227. The number of morpholine rings is 1. The van der Waals surface area contributed by atoms with E-state index in [-0.39, 0.29) is 12.2 Å². The Morgan fingerprint density at radius 2 is 2.05 bits per heavy atom. The fourth-order valence-electron chi connectivity index (χ4n) is 2.42. The van der Waals surface area contributed by atoms with E-state index in [1.165, 1.54) is 5.56 Å². The van der Waals surface area contributed by atoms with E-state index >= 15 is 0 Å². The average molecular weight is 278 g/mol. The Balaban J connectivity index is 2.00. The molecule has 1 N–H and O–H groups in total. The minimum Gasteiger partial charge on any atom is -0.372 e. The molecule has 0 radical (unpaired) electrons. The lowest BCUT2D eigenvalue weighted by Crippen LogP contribution is -2.49. The quantitative estimate of drug-likeness (QED) is 0.840. The van der Waals surface area contributed by atoms with E-state index in [4.69, 9.17) is 17.0 Å². The second-order valence-corrected chi connectivity index (χ2v) is 5.53. The van der Waals surface area contributed by atoms with Crippen LogP contribution >= 0.6 is 12.2 Å². The first kappa shape index (κ1) is 14.3. The molecule has 2 rings (SSSR count). The molecule has 1 heterocycles. The van der Waals surface area contributed by atoms with Crippen LogP contribution in [-0.4, -0.2) is 35.3 Å². The SMILES string of the molecule is CCc1cccc(NC(=S)N2C[C@@H](C)O[C@@H](C)C2)c1. The Bertz CT molecular complexity index is 440. The number of benzene rings is 1. The minimum absolute atomic E-state index is 0.227. The molecule has 0 amide bonds.